The van der Waals surface area contributed by atoms with Crippen LogP contribution in [0.15, 0.2) is 41.0 Å². The highest BCUT2D eigenvalue weighted by molar-refractivity contribution is 5.90. The maximum Gasteiger partial charge on any atom is 0.224 e. The molecule has 1 heterocycles. The zero-order valence-electron chi connectivity index (χ0n) is 12.2. The minimum absolute atomic E-state index is 0.0296. The lowest BCUT2D eigenvalue weighted by atomic mass is 9.93. The molecule has 1 unspecified atom stereocenters. The molecule has 0 aliphatic heterocycles. The standard InChI is InChI=1S/C17H20N2O2/c1-2-17(20)19-13-6-3-5-12(11-13)18-15-7-4-8-16-14(15)9-10-21-16/h3,5-6,9-11,15,18H,2,4,7-8H2,1H3,(H,19,20). The summed E-state index contributed by atoms with van der Waals surface area (Å²) in [5, 5.41) is 6.43. The van der Waals surface area contributed by atoms with Crippen LogP contribution in [0.25, 0.3) is 0 Å². The highest BCUT2D eigenvalue weighted by Gasteiger charge is 2.22. The van der Waals surface area contributed by atoms with E-state index < -0.39 is 0 Å². The second kappa shape index (κ2) is 6.04. The van der Waals surface area contributed by atoms with Crippen LogP contribution in [0.2, 0.25) is 0 Å². The lowest BCUT2D eigenvalue weighted by Gasteiger charge is -2.24. The van der Waals surface area contributed by atoms with Gasteiger partial charge < -0.3 is 15.1 Å². The molecule has 4 nitrogen and oxygen atoms in total. The van der Waals surface area contributed by atoms with Crippen LogP contribution in [0.3, 0.4) is 0 Å². The van der Waals surface area contributed by atoms with Gasteiger partial charge in [0, 0.05) is 29.8 Å². The van der Waals surface area contributed by atoms with E-state index >= 15 is 0 Å². The van der Waals surface area contributed by atoms with E-state index in [2.05, 4.69) is 16.7 Å². The number of furan rings is 1. The number of hydrogen-bond donors (Lipinski definition) is 2. The van der Waals surface area contributed by atoms with Crippen LogP contribution in [0.4, 0.5) is 11.4 Å². The van der Waals surface area contributed by atoms with E-state index in [0.29, 0.717) is 6.42 Å². The third-order valence-corrected chi connectivity index (χ3v) is 3.86. The van der Waals surface area contributed by atoms with E-state index in [1.54, 1.807) is 6.26 Å². The number of carbonyl (C=O) groups is 1. The molecule has 110 valence electrons. The Bertz CT molecular complexity index is 633. The van der Waals surface area contributed by atoms with Gasteiger partial charge >= 0.3 is 0 Å². The number of benzene rings is 1. The minimum Gasteiger partial charge on any atom is -0.469 e. The van der Waals surface area contributed by atoms with Gasteiger partial charge in [-0.05, 0) is 37.1 Å². The Morgan fingerprint density at radius 3 is 3.05 bits per heavy atom. The molecule has 0 bridgehead atoms. The van der Waals surface area contributed by atoms with Gasteiger partial charge in [0.1, 0.15) is 5.76 Å². The molecular formula is C17H20N2O2. The second-order valence-corrected chi connectivity index (χ2v) is 5.37. The lowest BCUT2D eigenvalue weighted by Crippen LogP contribution is -2.16. The van der Waals surface area contributed by atoms with Gasteiger partial charge in [-0.15, -0.1) is 0 Å². The topological polar surface area (TPSA) is 54.3 Å². The maximum absolute atomic E-state index is 11.5. The average molecular weight is 284 g/mol. The fourth-order valence-electron chi connectivity index (χ4n) is 2.77. The van der Waals surface area contributed by atoms with Crippen molar-refractivity contribution in [2.75, 3.05) is 10.6 Å². The van der Waals surface area contributed by atoms with Crippen LogP contribution in [0, 0.1) is 0 Å². The van der Waals surface area contributed by atoms with Crippen molar-refractivity contribution in [3.8, 4) is 0 Å². The first kappa shape index (κ1) is 13.7. The molecule has 0 saturated carbocycles. The summed E-state index contributed by atoms with van der Waals surface area (Å²) in [6.45, 7) is 1.85. The molecule has 1 atom stereocenters. The highest BCUT2D eigenvalue weighted by Crippen LogP contribution is 2.33. The van der Waals surface area contributed by atoms with Gasteiger partial charge in [0.05, 0.1) is 12.3 Å². The smallest absolute Gasteiger partial charge is 0.224 e. The number of nitrogens with one attached hydrogen (secondary N) is 2. The molecule has 0 fully saturated rings. The van der Waals surface area contributed by atoms with E-state index in [9.17, 15) is 4.79 Å². The molecule has 0 saturated heterocycles. The maximum atomic E-state index is 11.5. The van der Waals surface area contributed by atoms with E-state index in [-0.39, 0.29) is 11.9 Å². The van der Waals surface area contributed by atoms with Gasteiger partial charge in [-0.25, -0.2) is 0 Å². The first-order valence-corrected chi connectivity index (χ1v) is 7.49. The monoisotopic (exact) mass is 284 g/mol. The Morgan fingerprint density at radius 2 is 2.19 bits per heavy atom. The Balaban J connectivity index is 1.74. The Labute approximate surface area is 124 Å². The van der Waals surface area contributed by atoms with E-state index in [0.717, 1.165) is 36.4 Å². The fourth-order valence-corrected chi connectivity index (χ4v) is 2.77. The highest BCUT2D eigenvalue weighted by atomic mass is 16.3. The van der Waals surface area contributed by atoms with E-state index in [1.807, 2.05) is 31.2 Å². The second-order valence-electron chi connectivity index (χ2n) is 5.37. The first-order valence-electron chi connectivity index (χ1n) is 7.49. The van der Waals surface area contributed by atoms with Gasteiger partial charge in [-0.1, -0.05) is 13.0 Å². The van der Waals surface area contributed by atoms with Crippen molar-refractivity contribution in [2.24, 2.45) is 0 Å². The molecular weight excluding hydrogens is 264 g/mol. The summed E-state index contributed by atoms with van der Waals surface area (Å²) in [5.74, 6) is 1.12. The van der Waals surface area contributed by atoms with Gasteiger partial charge in [-0.2, -0.15) is 0 Å². The van der Waals surface area contributed by atoms with Crippen LogP contribution in [-0.4, -0.2) is 5.91 Å². The molecule has 0 radical (unpaired) electrons. The zero-order valence-corrected chi connectivity index (χ0v) is 12.2. The number of aryl methyl sites for hydroxylation is 1. The van der Waals surface area contributed by atoms with Gasteiger partial charge in [0.15, 0.2) is 0 Å². The molecule has 1 aromatic heterocycles. The Morgan fingerprint density at radius 1 is 1.33 bits per heavy atom. The Hall–Kier alpha value is -2.23. The van der Waals surface area contributed by atoms with Crippen LogP contribution in [0.5, 0.6) is 0 Å². The molecule has 2 aromatic rings. The average Bonchev–Trinajstić information content (AvgIpc) is 2.97. The molecule has 3 rings (SSSR count). The van der Waals surface area contributed by atoms with Crippen molar-refractivity contribution in [2.45, 2.75) is 38.6 Å². The molecule has 21 heavy (non-hydrogen) atoms. The number of hydrogen-bond acceptors (Lipinski definition) is 3. The number of fused-ring (bicyclic) bond motifs is 1. The lowest BCUT2D eigenvalue weighted by molar-refractivity contribution is -0.115. The van der Waals surface area contributed by atoms with E-state index in [1.165, 1.54) is 5.56 Å². The van der Waals surface area contributed by atoms with Gasteiger partial charge in [0.25, 0.3) is 0 Å². The normalized spacial score (nSPS) is 17.1. The van der Waals surface area contributed by atoms with Crippen molar-refractivity contribution < 1.29 is 9.21 Å². The molecule has 1 aliphatic carbocycles. The summed E-state index contributed by atoms with van der Waals surface area (Å²) in [6, 6.07) is 10.2. The largest absolute Gasteiger partial charge is 0.469 e. The number of rotatable bonds is 4. The van der Waals surface area contributed by atoms with Crippen LogP contribution < -0.4 is 10.6 Å². The first-order chi connectivity index (χ1) is 10.3. The molecule has 0 spiro atoms. The van der Waals surface area contributed by atoms with Crippen molar-refractivity contribution in [3.05, 3.63) is 47.9 Å². The molecule has 4 heteroatoms. The van der Waals surface area contributed by atoms with Crippen molar-refractivity contribution >= 4 is 17.3 Å². The molecule has 1 aromatic carbocycles. The fraction of sp³-hybridized carbons (Fsp3) is 0.353. The summed E-state index contributed by atoms with van der Waals surface area (Å²) in [4.78, 5) is 11.5. The molecule has 1 aliphatic rings. The summed E-state index contributed by atoms with van der Waals surface area (Å²) in [6.07, 6.45) is 5.50. The summed E-state index contributed by atoms with van der Waals surface area (Å²) < 4.78 is 5.52. The minimum atomic E-state index is 0.0296. The van der Waals surface area contributed by atoms with Crippen molar-refractivity contribution in [1.29, 1.82) is 0 Å². The third kappa shape index (κ3) is 3.10. The summed E-state index contributed by atoms with van der Waals surface area (Å²) >= 11 is 0. The number of anilines is 2. The number of amides is 1. The number of carbonyl (C=O) groups excluding carboxylic acids is 1. The Kier molecular flexibility index (Phi) is 3.95. The molecule has 2 N–H and O–H groups in total. The van der Waals surface area contributed by atoms with Gasteiger partial charge in [-0.3, -0.25) is 4.79 Å². The third-order valence-electron chi connectivity index (χ3n) is 3.86. The van der Waals surface area contributed by atoms with Crippen LogP contribution in [-0.2, 0) is 11.2 Å². The van der Waals surface area contributed by atoms with Crippen LogP contribution in [0.1, 0.15) is 43.6 Å². The predicted octanol–water partition coefficient (Wildman–Crippen LogP) is 4.12. The molecule has 1 amide bonds. The van der Waals surface area contributed by atoms with Crippen molar-refractivity contribution in [1.82, 2.24) is 0 Å². The quantitative estimate of drug-likeness (QED) is 0.888. The summed E-state index contributed by atoms with van der Waals surface area (Å²) in [7, 11) is 0. The zero-order chi connectivity index (χ0) is 14.7. The summed E-state index contributed by atoms with van der Waals surface area (Å²) in [5.41, 5.74) is 3.10. The van der Waals surface area contributed by atoms with Crippen molar-refractivity contribution in [3.63, 3.8) is 0 Å². The van der Waals surface area contributed by atoms with E-state index in [4.69, 9.17) is 4.42 Å². The van der Waals surface area contributed by atoms with Crippen LogP contribution >= 0.6 is 0 Å². The van der Waals surface area contributed by atoms with Gasteiger partial charge in [0.2, 0.25) is 5.91 Å². The predicted molar refractivity (Wildman–Crippen MR) is 83.4 cm³/mol. The SMILES string of the molecule is CCC(=O)Nc1cccc(NC2CCCc3occc32)c1.